The highest BCUT2D eigenvalue weighted by Gasteiger charge is 2.09. The Morgan fingerprint density at radius 2 is 2.05 bits per heavy atom. The zero-order valence-corrected chi connectivity index (χ0v) is 10.9. The number of hydrogen-bond donors (Lipinski definition) is 2. The second kappa shape index (κ2) is 7.08. The predicted octanol–water partition coefficient (Wildman–Crippen LogP) is 1.58. The van der Waals surface area contributed by atoms with Crippen LogP contribution in [-0.2, 0) is 6.42 Å². The lowest BCUT2D eigenvalue weighted by Crippen LogP contribution is -2.16. The fraction of sp³-hybridized carbons (Fsp3) is 0.214. The van der Waals surface area contributed by atoms with Gasteiger partial charge in [0.2, 0.25) is 5.88 Å². The molecule has 3 N–H and O–H groups in total. The number of hydrogen-bond acceptors (Lipinski definition) is 5. The first-order chi connectivity index (χ1) is 9.81. The Morgan fingerprint density at radius 3 is 2.80 bits per heavy atom. The summed E-state index contributed by atoms with van der Waals surface area (Å²) in [5.74, 6) is 0.230. The second-order valence-corrected chi connectivity index (χ2v) is 4.17. The van der Waals surface area contributed by atoms with E-state index in [9.17, 15) is 0 Å². The number of aromatic nitrogens is 2. The Morgan fingerprint density at radius 1 is 1.25 bits per heavy atom. The maximum absolute atomic E-state index is 8.69. The third kappa shape index (κ3) is 3.68. The summed E-state index contributed by atoms with van der Waals surface area (Å²) in [7, 11) is 0. The predicted molar refractivity (Wildman–Crippen MR) is 74.8 cm³/mol. The van der Waals surface area contributed by atoms with Gasteiger partial charge in [0.25, 0.3) is 0 Å². The van der Waals surface area contributed by atoms with Crippen molar-refractivity contribution in [2.45, 2.75) is 12.8 Å². The topological polar surface area (TPSA) is 93.6 Å². The monoisotopic (exact) mass is 272 g/mol. The molecule has 6 nitrogen and oxygen atoms in total. The lowest BCUT2D eigenvalue weighted by molar-refractivity contribution is 0.293. The molecular weight excluding hydrogens is 256 g/mol. The molecule has 0 aliphatic rings. The highest BCUT2D eigenvalue weighted by molar-refractivity contribution is 5.98. The summed E-state index contributed by atoms with van der Waals surface area (Å²) in [4.78, 5) is 0. The lowest BCUT2D eigenvalue weighted by atomic mass is 10.1. The van der Waals surface area contributed by atoms with Gasteiger partial charge in [0.05, 0.1) is 18.4 Å². The number of amidine groups is 1. The average Bonchev–Trinajstić information content (AvgIpc) is 2.52. The first-order valence-corrected chi connectivity index (χ1v) is 6.27. The van der Waals surface area contributed by atoms with Crippen LogP contribution < -0.4 is 10.5 Å². The summed E-state index contributed by atoms with van der Waals surface area (Å²) >= 11 is 0. The van der Waals surface area contributed by atoms with Crippen molar-refractivity contribution in [2.24, 2.45) is 10.9 Å². The minimum atomic E-state index is -0.0436. The van der Waals surface area contributed by atoms with Crippen molar-refractivity contribution in [1.29, 1.82) is 0 Å². The van der Waals surface area contributed by atoms with Gasteiger partial charge in [-0.05, 0) is 24.5 Å². The highest BCUT2D eigenvalue weighted by atomic mass is 16.5. The Kier molecular flexibility index (Phi) is 4.88. The Labute approximate surface area is 116 Å². The van der Waals surface area contributed by atoms with E-state index in [1.807, 2.05) is 18.2 Å². The van der Waals surface area contributed by atoms with Crippen LogP contribution in [0.4, 0.5) is 0 Å². The van der Waals surface area contributed by atoms with Crippen LogP contribution in [0.1, 0.15) is 17.5 Å². The molecule has 0 amide bonds. The highest BCUT2D eigenvalue weighted by Crippen LogP contribution is 2.13. The molecule has 0 atom stereocenters. The zero-order chi connectivity index (χ0) is 14.2. The summed E-state index contributed by atoms with van der Waals surface area (Å²) in [6.45, 7) is 0.485. The van der Waals surface area contributed by atoms with Gasteiger partial charge in [-0.15, -0.1) is 5.10 Å². The fourth-order valence-electron chi connectivity index (χ4n) is 1.76. The molecule has 1 heterocycles. The minimum Gasteiger partial charge on any atom is -0.476 e. The minimum absolute atomic E-state index is 0.0436. The largest absolute Gasteiger partial charge is 0.476 e. The van der Waals surface area contributed by atoms with Crippen LogP contribution in [0, 0.1) is 0 Å². The first kappa shape index (κ1) is 13.8. The van der Waals surface area contributed by atoms with Crippen LogP contribution >= 0.6 is 0 Å². The standard InChI is InChI=1S/C14H16N4O2/c15-13(18-19)12-8-9-16-17-14(12)20-10-4-7-11-5-2-1-3-6-11/h1-3,5-6,8-9,19H,4,7,10H2,(H2,15,18). The van der Waals surface area contributed by atoms with Crippen molar-refractivity contribution in [3.8, 4) is 5.88 Å². The molecular formula is C14H16N4O2. The van der Waals surface area contributed by atoms with Crippen molar-refractivity contribution in [1.82, 2.24) is 10.2 Å². The zero-order valence-electron chi connectivity index (χ0n) is 10.9. The van der Waals surface area contributed by atoms with E-state index in [0.29, 0.717) is 12.2 Å². The van der Waals surface area contributed by atoms with Gasteiger partial charge >= 0.3 is 0 Å². The molecule has 0 aliphatic carbocycles. The molecule has 0 spiro atoms. The third-order valence-corrected chi connectivity index (χ3v) is 2.76. The number of ether oxygens (including phenoxy) is 1. The molecule has 2 aromatic rings. The molecule has 1 aromatic carbocycles. The van der Waals surface area contributed by atoms with Gasteiger partial charge in [-0.1, -0.05) is 35.5 Å². The maximum atomic E-state index is 8.69. The quantitative estimate of drug-likeness (QED) is 0.274. The van der Waals surface area contributed by atoms with E-state index in [1.54, 1.807) is 6.07 Å². The van der Waals surface area contributed by atoms with E-state index < -0.39 is 0 Å². The summed E-state index contributed by atoms with van der Waals surface area (Å²) in [5, 5.41) is 19.2. The Hall–Kier alpha value is -2.63. The number of benzene rings is 1. The smallest absolute Gasteiger partial charge is 0.244 e. The Balaban J connectivity index is 1.88. The summed E-state index contributed by atoms with van der Waals surface area (Å²) < 4.78 is 5.54. The first-order valence-electron chi connectivity index (χ1n) is 6.27. The van der Waals surface area contributed by atoms with Gasteiger partial charge in [-0.3, -0.25) is 0 Å². The number of rotatable bonds is 6. The van der Waals surface area contributed by atoms with E-state index in [0.717, 1.165) is 12.8 Å². The maximum Gasteiger partial charge on any atom is 0.244 e. The van der Waals surface area contributed by atoms with Gasteiger partial charge in [0.15, 0.2) is 5.84 Å². The van der Waals surface area contributed by atoms with E-state index in [-0.39, 0.29) is 11.7 Å². The number of aryl methyl sites for hydroxylation is 1. The van der Waals surface area contributed by atoms with Gasteiger partial charge in [0, 0.05) is 0 Å². The molecule has 1 aromatic heterocycles. The molecule has 0 aliphatic heterocycles. The van der Waals surface area contributed by atoms with Crippen LogP contribution in [0.15, 0.2) is 47.8 Å². The number of nitrogens with two attached hydrogens (primary N) is 1. The van der Waals surface area contributed by atoms with E-state index in [2.05, 4.69) is 27.5 Å². The summed E-state index contributed by atoms with van der Waals surface area (Å²) in [6.07, 6.45) is 3.22. The number of nitrogens with zero attached hydrogens (tertiary/aromatic N) is 3. The molecule has 2 rings (SSSR count). The van der Waals surface area contributed by atoms with Crippen LogP contribution in [0.25, 0.3) is 0 Å². The molecule has 6 heteroatoms. The normalized spacial score (nSPS) is 11.3. The fourth-order valence-corrected chi connectivity index (χ4v) is 1.76. The van der Waals surface area contributed by atoms with Crippen LogP contribution in [-0.4, -0.2) is 27.8 Å². The molecule has 104 valence electrons. The van der Waals surface area contributed by atoms with Crippen LogP contribution in [0.3, 0.4) is 0 Å². The third-order valence-electron chi connectivity index (χ3n) is 2.76. The molecule has 0 bridgehead atoms. The lowest BCUT2D eigenvalue weighted by Gasteiger charge is -2.08. The molecule has 0 radical (unpaired) electrons. The van der Waals surface area contributed by atoms with Gasteiger partial charge in [-0.25, -0.2) is 0 Å². The summed E-state index contributed by atoms with van der Waals surface area (Å²) in [6, 6.07) is 11.7. The van der Waals surface area contributed by atoms with E-state index in [1.165, 1.54) is 11.8 Å². The van der Waals surface area contributed by atoms with Gasteiger partial charge in [0.1, 0.15) is 0 Å². The van der Waals surface area contributed by atoms with Gasteiger partial charge in [-0.2, -0.15) is 5.10 Å². The van der Waals surface area contributed by atoms with Gasteiger partial charge < -0.3 is 15.7 Å². The van der Waals surface area contributed by atoms with Crippen molar-refractivity contribution in [3.63, 3.8) is 0 Å². The molecule has 0 saturated heterocycles. The van der Waals surface area contributed by atoms with Crippen molar-refractivity contribution in [2.75, 3.05) is 6.61 Å². The van der Waals surface area contributed by atoms with Crippen molar-refractivity contribution < 1.29 is 9.94 Å². The van der Waals surface area contributed by atoms with Crippen molar-refractivity contribution >= 4 is 5.84 Å². The van der Waals surface area contributed by atoms with Crippen LogP contribution in [0.5, 0.6) is 5.88 Å². The van der Waals surface area contributed by atoms with E-state index in [4.69, 9.17) is 15.7 Å². The SMILES string of the molecule is N/C(=N/O)c1ccnnc1OCCCc1ccccc1. The summed E-state index contributed by atoms with van der Waals surface area (Å²) in [5.41, 5.74) is 7.23. The van der Waals surface area contributed by atoms with E-state index >= 15 is 0 Å². The molecule has 0 fully saturated rings. The van der Waals surface area contributed by atoms with Crippen LogP contribution in [0.2, 0.25) is 0 Å². The number of oxime groups is 1. The average molecular weight is 272 g/mol. The molecule has 0 saturated carbocycles. The Bertz CT molecular complexity index is 572. The molecule has 0 unspecified atom stereocenters. The molecule has 20 heavy (non-hydrogen) atoms. The second-order valence-electron chi connectivity index (χ2n) is 4.17. The van der Waals surface area contributed by atoms with Crippen molar-refractivity contribution in [3.05, 3.63) is 53.7 Å².